The number of unbranched alkanes of at least 4 members (excludes halogenated alkanes) is 2. The summed E-state index contributed by atoms with van der Waals surface area (Å²) < 4.78 is 0. The van der Waals surface area contributed by atoms with E-state index < -0.39 is 0 Å². The minimum atomic E-state index is 0.917. The molecular weight excluding hydrogens is 230 g/mol. The molecule has 0 aliphatic carbocycles. The normalized spacial score (nSPS) is 10.4. The zero-order valence-corrected chi connectivity index (χ0v) is 10.8. The van der Waals surface area contributed by atoms with E-state index in [2.05, 4.69) is 34.6 Å². The van der Waals surface area contributed by atoms with Crippen molar-refractivity contribution in [1.29, 1.82) is 0 Å². The standard InChI is InChI=1S/C13H17N3S/c1-2-3-7-10-14-13-16-15-12(17-13)11-8-5-4-6-9-11/h4-6,8-9H,2-3,7,10H2,1H3,(H,14,16). The monoisotopic (exact) mass is 247 g/mol. The largest absolute Gasteiger partial charge is 0.360 e. The second-order valence-electron chi connectivity index (χ2n) is 3.91. The fourth-order valence-electron chi connectivity index (χ4n) is 1.56. The number of rotatable bonds is 6. The van der Waals surface area contributed by atoms with Crippen LogP contribution < -0.4 is 5.32 Å². The van der Waals surface area contributed by atoms with Gasteiger partial charge in [0.25, 0.3) is 0 Å². The number of nitrogens with one attached hydrogen (secondary N) is 1. The van der Waals surface area contributed by atoms with Crippen LogP contribution in [0.2, 0.25) is 0 Å². The van der Waals surface area contributed by atoms with Gasteiger partial charge < -0.3 is 5.32 Å². The predicted molar refractivity (Wildman–Crippen MR) is 73.4 cm³/mol. The predicted octanol–water partition coefficient (Wildman–Crippen LogP) is 3.81. The van der Waals surface area contributed by atoms with Crippen molar-refractivity contribution in [3.8, 4) is 10.6 Å². The molecule has 0 spiro atoms. The fraction of sp³-hybridized carbons (Fsp3) is 0.385. The third kappa shape index (κ3) is 3.53. The average molecular weight is 247 g/mol. The minimum absolute atomic E-state index is 0.917. The van der Waals surface area contributed by atoms with Gasteiger partial charge in [-0.2, -0.15) is 0 Å². The van der Waals surface area contributed by atoms with Gasteiger partial charge in [0, 0.05) is 12.1 Å². The van der Waals surface area contributed by atoms with Crippen LogP contribution in [-0.2, 0) is 0 Å². The van der Waals surface area contributed by atoms with Crippen LogP contribution in [0.1, 0.15) is 26.2 Å². The van der Waals surface area contributed by atoms with Crippen LogP contribution in [0, 0.1) is 0 Å². The summed E-state index contributed by atoms with van der Waals surface area (Å²) in [5.74, 6) is 0. The first-order chi connectivity index (χ1) is 8.40. The SMILES string of the molecule is CCCCCNc1nnc(-c2ccccc2)s1. The van der Waals surface area contributed by atoms with Crippen molar-refractivity contribution in [1.82, 2.24) is 10.2 Å². The Morgan fingerprint density at radius 2 is 1.94 bits per heavy atom. The molecule has 1 N–H and O–H groups in total. The molecule has 4 heteroatoms. The summed E-state index contributed by atoms with van der Waals surface area (Å²) in [5, 5.41) is 13.5. The maximum absolute atomic E-state index is 4.19. The molecule has 17 heavy (non-hydrogen) atoms. The number of hydrogen-bond acceptors (Lipinski definition) is 4. The quantitative estimate of drug-likeness (QED) is 0.789. The molecular formula is C13H17N3S. The Hall–Kier alpha value is -1.42. The van der Waals surface area contributed by atoms with Gasteiger partial charge in [-0.3, -0.25) is 0 Å². The molecule has 2 rings (SSSR count). The molecule has 0 amide bonds. The van der Waals surface area contributed by atoms with E-state index in [0.717, 1.165) is 22.2 Å². The Kier molecular flexibility index (Phi) is 4.50. The van der Waals surface area contributed by atoms with Crippen molar-refractivity contribution in [3.63, 3.8) is 0 Å². The summed E-state index contributed by atoms with van der Waals surface area (Å²) in [6, 6.07) is 10.2. The van der Waals surface area contributed by atoms with Crippen molar-refractivity contribution in [3.05, 3.63) is 30.3 Å². The highest BCUT2D eigenvalue weighted by atomic mass is 32.1. The summed E-state index contributed by atoms with van der Waals surface area (Å²) in [7, 11) is 0. The fourth-order valence-corrected chi connectivity index (χ4v) is 2.34. The molecule has 0 aliphatic heterocycles. The van der Waals surface area contributed by atoms with Gasteiger partial charge in [-0.15, -0.1) is 10.2 Å². The van der Waals surface area contributed by atoms with E-state index in [1.165, 1.54) is 19.3 Å². The lowest BCUT2D eigenvalue weighted by Gasteiger charge is -1.99. The van der Waals surface area contributed by atoms with E-state index in [9.17, 15) is 0 Å². The first-order valence-electron chi connectivity index (χ1n) is 6.03. The molecule has 0 saturated carbocycles. The molecule has 0 radical (unpaired) electrons. The van der Waals surface area contributed by atoms with Crippen molar-refractivity contribution < 1.29 is 0 Å². The summed E-state index contributed by atoms with van der Waals surface area (Å²) in [6.45, 7) is 3.19. The third-order valence-electron chi connectivity index (χ3n) is 2.50. The summed E-state index contributed by atoms with van der Waals surface area (Å²) in [5.41, 5.74) is 1.13. The highest BCUT2D eigenvalue weighted by Crippen LogP contribution is 2.25. The van der Waals surface area contributed by atoms with E-state index in [4.69, 9.17) is 0 Å². The number of hydrogen-bond donors (Lipinski definition) is 1. The van der Waals surface area contributed by atoms with Gasteiger partial charge in [0.2, 0.25) is 5.13 Å². The van der Waals surface area contributed by atoms with E-state index in [-0.39, 0.29) is 0 Å². The van der Waals surface area contributed by atoms with Crippen LogP contribution in [0.15, 0.2) is 30.3 Å². The van der Waals surface area contributed by atoms with Crippen LogP contribution in [0.3, 0.4) is 0 Å². The number of aromatic nitrogens is 2. The zero-order valence-electron chi connectivity index (χ0n) is 10.0. The summed E-state index contributed by atoms with van der Waals surface area (Å²) in [4.78, 5) is 0. The maximum atomic E-state index is 4.19. The first-order valence-corrected chi connectivity index (χ1v) is 6.84. The molecule has 0 aliphatic rings. The third-order valence-corrected chi connectivity index (χ3v) is 3.43. The Labute approximate surface area is 106 Å². The van der Waals surface area contributed by atoms with Crippen molar-refractivity contribution in [2.75, 3.05) is 11.9 Å². The Morgan fingerprint density at radius 1 is 1.12 bits per heavy atom. The lowest BCUT2D eigenvalue weighted by atomic mass is 10.2. The van der Waals surface area contributed by atoms with Crippen LogP contribution in [0.4, 0.5) is 5.13 Å². The highest BCUT2D eigenvalue weighted by molar-refractivity contribution is 7.18. The van der Waals surface area contributed by atoms with E-state index in [1.54, 1.807) is 11.3 Å². The van der Waals surface area contributed by atoms with E-state index in [1.807, 2.05) is 18.2 Å². The lowest BCUT2D eigenvalue weighted by molar-refractivity contribution is 0.743. The molecule has 0 fully saturated rings. The average Bonchev–Trinajstić information content (AvgIpc) is 2.85. The summed E-state index contributed by atoms with van der Waals surface area (Å²) >= 11 is 1.61. The molecule has 0 bridgehead atoms. The topological polar surface area (TPSA) is 37.8 Å². The molecule has 0 saturated heterocycles. The van der Waals surface area contributed by atoms with Gasteiger partial charge >= 0.3 is 0 Å². The van der Waals surface area contributed by atoms with Crippen LogP contribution >= 0.6 is 11.3 Å². The molecule has 2 aromatic rings. The Bertz CT molecular complexity index is 439. The summed E-state index contributed by atoms with van der Waals surface area (Å²) in [6.07, 6.45) is 3.70. The van der Waals surface area contributed by atoms with Gasteiger partial charge in [0.15, 0.2) is 0 Å². The molecule has 0 atom stereocenters. The highest BCUT2D eigenvalue weighted by Gasteiger charge is 2.04. The van der Waals surface area contributed by atoms with Crippen LogP contribution in [-0.4, -0.2) is 16.7 Å². The number of anilines is 1. The van der Waals surface area contributed by atoms with Gasteiger partial charge in [0.1, 0.15) is 5.01 Å². The van der Waals surface area contributed by atoms with Gasteiger partial charge in [-0.25, -0.2) is 0 Å². The molecule has 1 aromatic carbocycles. The second-order valence-corrected chi connectivity index (χ2v) is 4.89. The molecule has 90 valence electrons. The van der Waals surface area contributed by atoms with Gasteiger partial charge in [-0.1, -0.05) is 61.4 Å². The molecule has 0 unspecified atom stereocenters. The number of nitrogens with zero attached hydrogens (tertiary/aromatic N) is 2. The van der Waals surface area contributed by atoms with Crippen LogP contribution in [0.25, 0.3) is 10.6 Å². The molecule has 3 nitrogen and oxygen atoms in total. The zero-order chi connectivity index (χ0) is 11.9. The van der Waals surface area contributed by atoms with Crippen molar-refractivity contribution >= 4 is 16.5 Å². The maximum Gasteiger partial charge on any atom is 0.206 e. The van der Waals surface area contributed by atoms with Gasteiger partial charge in [0.05, 0.1) is 0 Å². The lowest BCUT2D eigenvalue weighted by Crippen LogP contribution is -2.00. The van der Waals surface area contributed by atoms with Crippen molar-refractivity contribution in [2.24, 2.45) is 0 Å². The molecule has 1 aromatic heterocycles. The van der Waals surface area contributed by atoms with E-state index in [0.29, 0.717) is 0 Å². The Balaban J connectivity index is 1.92. The number of benzene rings is 1. The van der Waals surface area contributed by atoms with E-state index >= 15 is 0 Å². The van der Waals surface area contributed by atoms with Gasteiger partial charge in [-0.05, 0) is 6.42 Å². The molecule has 1 heterocycles. The minimum Gasteiger partial charge on any atom is -0.360 e. The second kappa shape index (κ2) is 6.35. The first kappa shape index (κ1) is 12.0. The van der Waals surface area contributed by atoms with Crippen molar-refractivity contribution in [2.45, 2.75) is 26.2 Å². The Morgan fingerprint density at radius 3 is 2.71 bits per heavy atom. The smallest absolute Gasteiger partial charge is 0.206 e. The van der Waals surface area contributed by atoms with Crippen LogP contribution in [0.5, 0.6) is 0 Å².